The molecule has 8 nitrogen and oxygen atoms in total. The summed E-state index contributed by atoms with van der Waals surface area (Å²) in [5.41, 5.74) is 5.39. The van der Waals surface area contributed by atoms with Gasteiger partial charge in [-0.1, -0.05) is 0 Å². The number of aromatic amines is 1. The van der Waals surface area contributed by atoms with E-state index in [4.69, 9.17) is 20.4 Å². The lowest BCUT2D eigenvalue weighted by Gasteiger charge is -2.07. The number of carbonyl (C=O) groups is 1. The highest BCUT2D eigenvalue weighted by atomic mass is 31.2. The van der Waals surface area contributed by atoms with E-state index in [2.05, 4.69) is 15.2 Å². The van der Waals surface area contributed by atoms with Gasteiger partial charge in [-0.05, 0) is 0 Å². The minimum absolute atomic E-state index is 0.114. The lowest BCUT2D eigenvalue weighted by Crippen LogP contribution is -2.26. The molecule has 0 amide bonds. The summed E-state index contributed by atoms with van der Waals surface area (Å²) in [5, 5.41) is 5.84. The van der Waals surface area contributed by atoms with Gasteiger partial charge >= 0.3 is 7.94 Å². The van der Waals surface area contributed by atoms with Crippen LogP contribution in [0.5, 0.6) is 0 Å². The number of hydrogen-bond donors (Lipinski definition) is 5. The van der Waals surface area contributed by atoms with Gasteiger partial charge in [0.1, 0.15) is 18.2 Å². The van der Waals surface area contributed by atoms with Crippen LogP contribution in [-0.2, 0) is 4.79 Å². The molecule has 78 valence electrons. The van der Waals surface area contributed by atoms with E-state index in [1.807, 2.05) is 0 Å². The second-order valence-electron chi connectivity index (χ2n) is 2.67. The summed E-state index contributed by atoms with van der Waals surface area (Å²) in [4.78, 5) is 40.7. The van der Waals surface area contributed by atoms with Gasteiger partial charge in [0.25, 0.3) is 0 Å². The predicted octanol–water partition coefficient (Wildman–Crippen LogP) is -1.89. The number of nitrogens with one attached hydrogen (secondary N) is 1. The Labute approximate surface area is 79.4 Å². The van der Waals surface area contributed by atoms with Gasteiger partial charge in [-0.15, -0.1) is 0 Å². The molecule has 0 bridgehead atoms. The third-order valence-corrected chi connectivity index (χ3v) is 2.18. The summed E-state index contributed by atoms with van der Waals surface area (Å²) in [5.74, 6) is -0.606. The van der Waals surface area contributed by atoms with Crippen molar-refractivity contribution in [3.05, 3.63) is 12.2 Å². The summed E-state index contributed by atoms with van der Waals surface area (Å²) in [7, 11) is -4.12. The molecule has 1 unspecified atom stereocenters. The van der Waals surface area contributed by atoms with Crippen LogP contribution in [0.1, 0.15) is 11.9 Å². The molecule has 0 fully saturated rings. The number of carbonyl (C=O) groups excluding carboxylic acids is 1. The molecule has 1 rings (SSSR count). The number of ketones is 1. The van der Waals surface area contributed by atoms with Gasteiger partial charge in [-0.25, -0.2) is 4.98 Å². The Morgan fingerprint density at radius 1 is 1.64 bits per heavy atom. The van der Waals surface area contributed by atoms with Crippen molar-refractivity contribution in [2.75, 3.05) is 6.16 Å². The molecule has 0 aliphatic carbocycles. The largest absolute Gasteiger partial charge is 0.411 e. The number of rotatable bonds is 4. The van der Waals surface area contributed by atoms with Gasteiger partial charge < -0.3 is 5.73 Å². The highest BCUT2D eigenvalue weighted by Gasteiger charge is 2.37. The highest BCUT2D eigenvalue weighted by Crippen LogP contribution is 2.44. The first-order valence-electron chi connectivity index (χ1n) is 3.60. The minimum atomic E-state index is -4.12. The molecular formula is C5H10N4O4P+. The maximum atomic E-state index is 11.2. The molecule has 0 aliphatic rings. The Balaban J connectivity index is 2.63. The highest BCUT2D eigenvalue weighted by molar-refractivity contribution is 7.59. The second-order valence-corrected chi connectivity index (χ2v) is 4.37. The molecular weight excluding hydrogens is 211 g/mol. The van der Waals surface area contributed by atoms with E-state index in [9.17, 15) is 4.79 Å². The zero-order chi connectivity index (χ0) is 10.8. The van der Waals surface area contributed by atoms with Gasteiger partial charge in [0.2, 0.25) is 5.78 Å². The summed E-state index contributed by atoms with van der Waals surface area (Å²) in [6, 6.07) is -1.14. The normalized spacial score (nSPS) is 14.0. The van der Waals surface area contributed by atoms with E-state index >= 15 is 0 Å². The predicted molar refractivity (Wildman–Crippen MR) is 46.8 cm³/mol. The first kappa shape index (κ1) is 11.2. The number of aromatic nitrogens is 3. The second kappa shape index (κ2) is 4.07. The standard InChI is InChI=1S/C5H10N4O4P/c6-4(5-7-2-8-9-5)3(10)1-14(11,12)13/h2,4,11-13H,1,6H2,(H,7,8,9)/q+1. The van der Waals surface area contributed by atoms with Gasteiger partial charge in [0.15, 0.2) is 6.16 Å². The molecule has 14 heavy (non-hydrogen) atoms. The lowest BCUT2D eigenvalue weighted by atomic mass is 10.2. The topological polar surface area (TPSA) is 145 Å². The summed E-state index contributed by atoms with van der Waals surface area (Å²) >= 11 is 0. The van der Waals surface area contributed by atoms with Crippen LogP contribution in [0, 0.1) is 0 Å². The Hall–Kier alpha value is -0.920. The van der Waals surface area contributed by atoms with Crippen LogP contribution >= 0.6 is 7.94 Å². The van der Waals surface area contributed by atoms with Crippen molar-refractivity contribution in [2.45, 2.75) is 6.04 Å². The van der Waals surface area contributed by atoms with Gasteiger partial charge in [-0.2, -0.15) is 19.8 Å². The van der Waals surface area contributed by atoms with E-state index in [0.717, 1.165) is 0 Å². The van der Waals surface area contributed by atoms with Crippen LogP contribution in [0.4, 0.5) is 0 Å². The van der Waals surface area contributed by atoms with Crippen molar-refractivity contribution in [3.8, 4) is 0 Å². The number of nitrogens with zero attached hydrogens (tertiary/aromatic N) is 2. The quantitative estimate of drug-likeness (QED) is 0.374. The van der Waals surface area contributed by atoms with Crippen LogP contribution in [-0.4, -0.2) is 41.8 Å². The Kier molecular flexibility index (Phi) is 3.25. The summed E-state index contributed by atoms with van der Waals surface area (Å²) in [6.07, 6.45) is 0.385. The maximum Gasteiger partial charge on any atom is 0.411 e. The lowest BCUT2D eigenvalue weighted by molar-refractivity contribution is -0.118. The molecule has 0 radical (unpaired) electrons. The zero-order valence-corrected chi connectivity index (χ0v) is 7.93. The average Bonchev–Trinajstić information content (AvgIpc) is 2.51. The van der Waals surface area contributed by atoms with Crippen LogP contribution < -0.4 is 5.73 Å². The molecule has 0 saturated carbocycles. The molecule has 6 N–H and O–H groups in total. The van der Waals surface area contributed by atoms with Gasteiger partial charge in [0, 0.05) is 0 Å². The van der Waals surface area contributed by atoms with Gasteiger partial charge in [0.05, 0.1) is 0 Å². The van der Waals surface area contributed by atoms with Crippen molar-refractivity contribution in [2.24, 2.45) is 5.73 Å². The molecule has 1 aromatic heterocycles. The molecule has 0 saturated heterocycles. The number of Topliss-reactive ketones (excluding diaryl/α,β-unsaturated/α-hetero) is 1. The molecule has 1 atom stereocenters. The fraction of sp³-hybridized carbons (Fsp3) is 0.400. The van der Waals surface area contributed by atoms with Crippen molar-refractivity contribution in [3.63, 3.8) is 0 Å². The van der Waals surface area contributed by atoms with Crippen molar-refractivity contribution in [1.82, 2.24) is 15.2 Å². The fourth-order valence-corrected chi connectivity index (χ4v) is 1.44. The maximum absolute atomic E-state index is 11.2. The molecule has 0 aromatic carbocycles. The van der Waals surface area contributed by atoms with Crippen molar-refractivity contribution in [1.29, 1.82) is 0 Å². The molecule has 1 aromatic rings. The first-order chi connectivity index (χ1) is 6.40. The van der Waals surface area contributed by atoms with E-state index in [0.29, 0.717) is 0 Å². The van der Waals surface area contributed by atoms with Crippen LogP contribution in [0.25, 0.3) is 0 Å². The van der Waals surface area contributed by atoms with Crippen molar-refractivity contribution < 1.29 is 19.5 Å². The van der Waals surface area contributed by atoms with Crippen LogP contribution in [0.15, 0.2) is 6.33 Å². The smallest absolute Gasteiger partial charge is 0.315 e. The molecule has 1 heterocycles. The Morgan fingerprint density at radius 2 is 2.29 bits per heavy atom. The zero-order valence-electron chi connectivity index (χ0n) is 7.03. The third-order valence-electron chi connectivity index (χ3n) is 1.44. The average molecular weight is 221 g/mol. The molecule has 0 spiro atoms. The number of H-pyrrole nitrogens is 1. The van der Waals surface area contributed by atoms with E-state index in [1.54, 1.807) is 0 Å². The molecule has 0 aliphatic heterocycles. The van der Waals surface area contributed by atoms with Gasteiger partial charge in [-0.3, -0.25) is 9.89 Å². The Morgan fingerprint density at radius 3 is 2.71 bits per heavy atom. The van der Waals surface area contributed by atoms with E-state index in [-0.39, 0.29) is 5.82 Å². The van der Waals surface area contributed by atoms with E-state index < -0.39 is 25.9 Å². The minimum Gasteiger partial charge on any atom is -0.315 e. The first-order valence-corrected chi connectivity index (χ1v) is 5.43. The number of hydrogen-bond acceptors (Lipinski definition) is 7. The van der Waals surface area contributed by atoms with Crippen molar-refractivity contribution >= 4 is 13.7 Å². The summed E-state index contributed by atoms with van der Waals surface area (Å²) < 4.78 is 0. The SMILES string of the molecule is NC(C(=O)C[P+](O)(O)O)c1ncn[nH]1. The third kappa shape index (κ3) is 3.09. The monoisotopic (exact) mass is 221 g/mol. The number of nitrogens with two attached hydrogens (primary N) is 1. The van der Waals surface area contributed by atoms with Crippen LogP contribution in [0.3, 0.4) is 0 Å². The Bertz CT molecular complexity index is 308. The molecule has 9 heteroatoms. The fourth-order valence-electron chi connectivity index (χ4n) is 0.825. The van der Waals surface area contributed by atoms with E-state index in [1.165, 1.54) is 6.33 Å². The summed E-state index contributed by atoms with van der Waals surface area (Å²) in [6.45, 7) is 0. The van der Waals surface area contributed by atoms with Crippen LogP contribution in [0.2, 0.25) is 0 Å².